The molecule has 4 aromatic rings. The van der Waals surface area contributed by atoms with Crippen molar-refractivity contribution in [3.8, 4) is 5.75 Å². The number of nitrogens with zero attached hydrogens (tertiary/aromatic N) is 3. The lowest BCUT2D eigenvalue weighted by atomic mass is 10.2. The highest BCUT2D eigenvalue weighted by Gasteiger charge is 2.26. The number of anilines is 2. The molecule has 1 aliphatic heterocycles. The van der Waals surface area contributed by atoms with Crippen molar-refractivity contribution >= 4 is 41.5 Å². The quantitative estimate of drug-likeness (QED) is 0.242. The minimum Gasteiger partial charge on any atom is -0.489 e. The second-order valence-electron chi connectivity index (χ2n) is 7.54. The number of fused-ring (bicyclic) bond motifs is 2. The monoisotopic (exact) mass is 463 g/mol. The van der Waals surface area contributed by atoms with E-state index in [2.05, 4.69) is 10.2 Å². The van der Waals surface area contributed by atoms with Crippen LogP contribution in [0.25, 0.3) is 0 Å². The van der Waals surface area contributed by atoms with Gasteiger partial charge < -0.3 is 4.74 Å². The van der Waals surface area contributed by atoms with E-state index in [1.54, 1.807) is 22.9 Å². The third-order valence-electron chi connectivity index (χ3n) is 5.22. The van der Waals surface area contributed by atoms with Crippen molar-refractivity contribution in [2.45, 2.75) is 16.4 Å². The topological polar surface area (TPSA) is 54.3 Å². The third kappa shape index (κ3) is 4.92. The fourth-order valence-electron chi connectivity index (χ4n) is 3.57. The maximum absolute atomic E-state index is 13.0. The highest BCUT2D eigenvalue weighted by molar-refractivity contribution is 7.99. The molecule has 0 radical (unpaired) electrons. The highest BCUT2D eigenvalue weighted by atomic mass is 32.2. The number of carbonyl (C=O) groups excluding carboxylic acids is 1. The van der Waals surface area contributed by atoms with Crippen molar-refractivity contribution in [2.24, 2.45) is 10.2 Å². The van der Waals surface area contributed by atoms with Crippen molar-refractivity contribution in [1.82, 2.24) is 0 Å². The van der Waals surface area contributed by atoms with Crippen molar-refractivity contribution in [1.29, 1.82) is 0 Å². The Morgan fingerprint density at radius 2 is 1.38 bits per heavy atom. The lowest BCUT2D eigenvalue weighted by Gasteiger charge is -2.29. The molecule has 6 heteroatoms. The summed E-state index contributed by atoms with van der Waals surface area (Å²) in [5.41, 5.74) is 3.67. The van der Waals surface area contributed by atoms with Gasteiger partial charge in [0.25, 0.3) is 5.91 Å². The summed E-state index contributed by atoms with van der Waals surface area (Å²) in [7, 11) is 0. The van der Waals surface area contributed by atoms with Crippen LogP contribution in [0.2, 0.25) is 0 Å². The van der Waals surface area contributed by atoms with Crippen LogP contribution in [0.5, 0.6) is 5.75 Å². The number of carbonyl (C=O) groups is 1. The Hall–Kier alpha value is -4.16. The first kappa shape index (κ1) is 21.7. The molecular weight excluding hydrogens is 442 g/mol. The van der Waals surface area contributed by atoms with E-state index >= 15 is 0 Å². The molecule has 0 saturated carbocycles. The number of ether oxygens (including phenoxy) is 1. The first-order valence-electron chi connectivity index (χ1n) is 10.8. The second-order valence-corrected chi connectivity index (χ2v) is 8.63. The smallest absolute Gasteiger partial charge is 0.275 e. The Morgan fingerprint density at radius 1 is 0.765 bits per heavy atom. The molecule has 4 aromatic carbocycles. The van der Waals surface area contributed by atoms with Crippen molar-refractivity contribution in [2.75, 3.05) is 4.90 Å². The molecular formula is C28H21N3O2S. The second kappa shape index (κ2) is 10.2. The molecule has 0 unspecified atom stereocenters. The van der Waals surface area contributed by atoms with Gasteiger partial charge in [-0.3, -0.25) is 9.69 Å². The van der Waals surface area contributed by atoms with Crippen LogP contribution in [-0.2, 0) is 11.4 Å². The molecule has 1 aliphatic rings. The first-order chi connectivity index (χ1) is 16.8. The zero-order valence-corrected chi connectivity index (χ0v) is 19.1. The summed E-state index contributed by atoms with van der Waals surface area (Å²) in [6, 6.07) is 33.3. The molecule has 0 fully saturated rings. The van der Waals surface area contributed by atoms with E-state index in [1.165, 1.54) is 6.21 Å². The van der Waals surface area contributed by atoms with Gasteiger partial charge in [-0.05, 0) is 59.7 Å². The van der Waals surface area contributed by atoms with Gasteiger partial charge in [-0.1, -0.05) is 66.4 Å². The Balaban J connectivity index is 1.24. The molecule has 34 heavy (non-hydrogen) atoms. The van der Waals surface area contributed by atoms with Gasteiger partial charge in [-0.25, -0.2) is 0 Å². The van der Waals surface area contributed by atoms with Gasteiger partial charge in [-0.15, -0.1) is 0 Å². The lowest BCUT2D eigenvalue weighted by molar-refractivity contribution is -0.111. The number of rotatable bonds is 6. The van der Waals surface area contributed by atoms with Crippen LogP contribution < -0.4 is 9.64 Å². The van der Waals surface area contributed by atoms with Crippen LogP contribution in [0.1, 0.15) is 11.1 Å². The standard InChI is InChI=1S/C28H21N3O2S/c32-28(31-24-10-4-6-12-26(24)34-27-13-7-5-11-25(27)31)19-30-29-18-21-14-16-23(17-15-21)33-20-22-8-2-1-3-9-22/h1-19H,20H2/b29-18+,30-19+. The zero-order valence-electron chi connectivity index (χ0n) is 18.2. The largest absolute Gasteiger partial charge is 0.489 e. The Labute approximate surface area is 202 Å². The maximum Gasteiger partial charge on any atom is 0.275 e. The van der Waals surface area contributed by atoms with E-state index < -0.39 is 0 Å². The van der Waals surface area contributed by atoms with Gasteiger partial charge in [0.1, 0.15) is 18.6 Å². The number of hydrogen-bond acceptors (Lipinski definition) is 5. The van der Waals surface area contributed by atoms with Gasteiger partial charge in [0, 0.05) is 9.79 Å². The van der Waals surface area contributed by atoms with Gasteiger partial charge in [-0.2, -0.15) is 10.2 Å². The zero-order chi connectivity index (χ0) is 23.2. The minimum atomic E-state index is -0.248. The molecule has 0 aliphatic carbocycles. The molecule has 1 heterocycles. The van der Waals surface area contributed by atoms with Crippen molar-refractivity contribution in [3.63, 3.8) is 0 Å². The number of amides is 1. The summed E-state index contributed by atoms with van der Waals surface area (Å²) < 4.78 is 5.80. The molecule has 5 nitrogen and oxygen atoms in total. The van der Waals surface area contributed by atoms with Crippen LogP contribution >= 0.6 is 11.8 Å². The van der Waals surface area contributed by atoms with E-state index in [4.69, 9.17) is 4.74 Å². The highest BCUT2D eigenvalue weighted by Crippen LogP contribution is 2.47. The Morgan fingerprint density at radius 3 is 2.06 bits per heavy atom. The summed E-state index contributed by atoms with van der Waals surface area (Å²) in [5.74, 6) is 0.530. The molecule has 0 bridgehead atoms. The van der Waals surface area contributed by atoms with Crippen LogP contribution in [-0.4, -0.2) is 18.3 Å². The molecule has 166 valence electrons. The summed E-state index contributed by atoms with van der Waals surface area (Å²) >= 11 is 1.65. The predicted molar refractivity (Wildman–Crippen MR) is 137 cm³/mol. The van der Waals surface area contributed by atoms with Gasteiger partial charge in [0.05, 0.1) is 17.6 Å². The third-order valence-corrected chi connectivity index (χ3v) is 6.35. The summed E-state index contributed by atoms with van der Waals surface area (Å²) in [5, 5.41) is 8.06. The SMILES string of the molecule is O=C(/C=N/N=C/c1ccc(OCc2ccccc2)cc1)N1c2ccccc2Sc2ccccc21. The van der Waals surface area contributed by atoms with E-state index in [0.29, 0.717) is 6.61 Å². The fraction of sp³-hybridized carbons (Fsp3) is 0.0357. The van der Waals surface area contributed by atoms with Gasteiger partial charge in [0.15, 0.2) is 0 Å². The Kier molecular flexibility index (Phi) is 6.49. The molecule has 0 atom stereocenters. The van der Waals surface area contributed by atoms with Crippen LogP contribution in [0.3, 0.4) is 0 Å². The number of hydrogen-bond donors (Lipinski definition) is 0. The lowest BCUT2D eigenvalue weighted by Crippen LogP contribution is -2.29. The molecule has 0 aromatic heterocycles. The van der Waals surface area contributed by atoms with E-state index in [0.717, 1.165) is 38.0 Å². The molecule has 0 saturated heterocycles. The summed E-state index contributed by atoms with van der Waals surface area (Å²) in [4.78, 5) is 16.8. The normalized spacial score (nSPS) is 12.5. The van der Waals surface area contributed by atoms with E-state index in [9.17, 15) is 4.79 Å². The average Bonchev–Trinajstić information content (AvgIpc) is 2.89. The average molecular weight is 464 g/mol. The van der Waals surface area contributed by atoms with E-state index in [1.807, 2.05) is 103 Å². The summed E-state index contributed by atoms with van der Waals surface area (Å²) in [6.07, 6.45) is 2.86. The van der Waals surface area contributed by atoms with Gasteiger partial charge in [0.2, 0.25) is 0 Å². The van der Waals surface area contributed by atoms with Crippen molar-refractivity contribution in [3.05, 3.63) is 114 Å². The predicted octanol–water partition coefficient (Wildman–Crippen LogP) is 6.50. The van der Waals surface area contributed by atoms with E-state index in [-0.39, 0.29) is 5.91 Å². The van der Waals surface area contributed by atoms with Gasteiger partial charge >= 0.3 is 0 Å². The minimum absolute atomic E-state index is 0.248. The molecule has 0 N–H and O–H groups in total. The number of benzene rings is 4. The fourth-order valence-corrected chi connectivity index (χ4v) is 4.63. The molecule has 0 spiro atoms. The maximum atomic E-state index is 13.0. The van der Waals surface area contributed by atoms with Crippen LogP contribution in [0, 0.1) is 0 Å². The van der Waals surface area contributed by atoms with Crippen LogP contribution in [0.4, 0.5) is 11.4 Å². The van der Waals surface area contributed by atoms with Crippen LogP contribution in [0.15, 0.2) is 123 Å². The molecule has 1 amide bonds. The molecule has 5 rings (SSSR count). The summed E-state index contributed by atoms with van der Waals surface area (Å²) in [6.45, 7) is 0.516. The Bertz CT molecular complexity index is 1310. The number of para-hydroxylation sites is 2. The first-order valence-corrected chi connectivity index (χ1v) is 11.6. The van der Waals surface area contributed by atoms with Crippen molar-refractivity contribution < 1.29 is 9.53 Å².